The molecule has 2 N–H and O–H groups in total. The van der Waals surface area contributed by atoms with Crippen molar-refractivity contribution in [2.45, 2.75) is 6.92 Å². The first-order chi connectivity index (χ1) is 8.49. The molecule has 2 aromatic heterocycles. The Hall–Kier alpha value is -2.08. The van der Waals surface area contributed by atoms with E-state index in [1.807, 2.05) is 0 Å². The summed E-state index contributed by atoms with van der Waals surface area (Å²) in [5, 5.41) is 11.3. The summed E-state index contributed by atoms with van der Waals surface area (Å²) in [6.07, 6.45) is 1.56. The summed E-state index contributed by atoms with van der Waals surface area (Å²) in [6, 6.07) is 3.35. The van der Waals surface area contributed by atoms with Crippen LogP contribution in [0.3, 0.4) is 0 Å². The number of carbonyl (C=O) groups excluding carboxylic acids is 1. The van der Waals surface area contributed by atoms with Gasteiger partial charge in [0.15, 0.2) is 0 Å². The molecule has 7 heteroatoms. The summed E-state index contributed by atoms with van der Waals surface area (Å²) in [7, 11) is 0. The van der Waals surface area contributed by atoms with Gasteiger partial charge in [-0.3, -0.25) is 14.0 Å². The molecular weight excluding hydrogens is 258 g/mol. The minimum atomic E-state index is -1.10. The first kappa shape index (κ1) is 12.4. The predicted molar refractivity (Wildman–Crippen MR) is 64.9 cm³/mol. The number of hydrogen-bond acceptors (Lipinski definition) is 3. The number of carbonyl (C=O) groups is 2. The molecule has 0 aliphatic rings. The quantitative estimate of drug-likeness (QED) is 0.873. The van der Waals surface area contributed by atoms with E-state index in [0.717, 1.165) is 0 Å². The number of pyridine rings is 1. The summed E-state index contributed by atoms with van der Waals surface area (Å²) in [4.78, 5) is 26.5. The summed E-state index contributed by atoms with van der Waals surface area (Å²) in [5.74, 6) is -1.60. The summed E-state index contributed by atoms with van der Waals surface area (Å²) < 4.78 is 1.54. The highest BCUT2D eigenvalue weighted by atomic mass is 35.5. The molecule has 2 rings (SSSR count). The maximum atomic E-state index is 11.9. The van der Waals surface area contributed by atoms with Crippen LogP contribution in [0.1, 0.15) is 16.2 Å². The standard InChI is InChI=1S/C11H10ClN3O3/c1-6-10(11(18)13-4-9(16)17)15-5-7(12)2-3-8(15)14-6/h2-3,5H,4H2,1H3,(H,13,18)(H,16,17). The maximum absolute atomic E-state index is 11.9. The van der Waals surface area contributed by atoms with Gasteiger partial charge in [-0.15, -0.1) is 0 Å². The fourth-order valence-electron chi connectivity index (χ4n) is 1.65. The number of imidazole rings is 1. The molecule has 2 heterocycles. The Bertz CT molecular complexity index is 636. The zero-order chi connectivity index (χ0) is 13.3. The Morgan fingerprint density at radius 1 is 1.50 bits per heavy atom. The Kier molecular flexibility index (Phi) is 3.20. The maximum Gasteiger partial charge on any atom is 0.322 e. The van der Waals surface area contributed by atoms with Crippen LogP contribution in [0.25, 0.3) is 5.65 Å². The second-order valence-corrected chi connectivity index (χ2v) is 4.13. The molecule has 2 aromatic rings. The van der Waals surface area contributed by atoms with Gasteiger partial charge in [-0.1, -0.05) is 11.6 Å². The van der Waals surface area contributed by atoms with Gasteiger partial charge in [-0.2, -0.15) is 0 Å². The molecule has 1 amide bonds. The van der Waals surface area contributed by atoms with E-state index in [1.165, 1.54) is 4.40 Å². The number of amides is 1. The molecule has 0 spiro atoms. The van der Waals surface area contributed by atoms with Crippen molar-refractivity contribution in [1.82, 2.24) is 14.7 Å². The minimum Gasteiger partial charge on any atom is -0.480 e. The fourth-order valence-corrected chi connectivity index (χ4v) is 1.81. The first-order valence-corrected chi connectivity index (χ1v) is 5.51. The van der Waals surface area contributed by atoms with Gasteiger partial charge in [-0.05, 0) is 19.1 Å². The Balaban J connectivity index is 2.43. The highest BCUT2D eigenvalue weighted by Crippen LogP contribution is 2.16. The van der Waals surface area contributed by atoms with Crippen LogP contribution in [0.4, 0.5) is 0 Å². The van der Waals surface area contributed by atoms with Gasteiger partial charge < -0.3 is 10.4 Å². The van der Waals surface area contributed by atoms with Crippen molar-refractivity contribution in [3.8, 4) is 0 Å². The van der Waals surface area contributed by atoms with Gasteiger partial charge in [-0.25, -0.2) is 4.98 Å². The summed E-state index contributed by atoms with van der Waals surface area (Å²) >= 11 is 5.86. The highest BCUT2D eigenvalue weighted by molar-refractivity contribution is 6.30. The number of hydrogen-bond donors (Lipinski definition) is 2. The van der Waals surface area contributed by atoms with Crippen molar-refractivity contribution < 1.29 is 14.7 Å². The van der Waals surface area contributed by atoms with Gasteiger partial charge in [0.05, 0.1) is 10.7 Å². The zero-order valence-electron chi connectivity index (χ0n) is 9.48. The van der Waals surface area contributed by atoms with Crippen molar-refractivity contribution in [3.05, 3.63) is 34.7 Å². The monoisotopic (exact) mass is 267 g/mol. The van der Waals surface area contributed by atoms with Crippen molar-refractivity contribution in [3.63, 3.8) is 0 Å². The summed E-state index contributed by atoms with van der Waals surface area (Å²) in [6.45, 7) is 1.24. The molecule has 94 valence electrons. The molecule has 0 unspecified atom stereocenters. The number of halogens is 1. The lowest BCUT2D eigenvalue weighted by atomic mass is 10.3. The van der Waals surface area contributed by atoms with Crippen molar-refractivity contribution in [2.24, 2.45) is 0 Å². The van der Waals surface area contributed by atoms with Gasteiger partial charge >= 0.3 is 5.97 Å². The average Bonchev–Trinajstić information content (AvgIpc) is 2.61. The Labute approximate surface area is 107 Å². The predicted octanol–water partition coefficient (Wildman–Crippen LogP) is 1.11. The normalized spacial score (nSPS) is 10.6. The van der Waals surface area contributed by atoms with Gasteiger partial charge in [0.1, 0.15) is 17.9 Å². The molecular formula is C11H10ClN3O3. The molecule has 18 heavy (non-hydrogen) atoms. The van der Waals surface area contributed by atoms with E-state index >= 15 is 0 Å². The number of fused-ring (bicyclic) bond motifs is 1. The molecule has 0 aliphatic heterocycles. The lowest BCUT2D eigenvalue weighted by Crippen LogP contribution is -2.30. The van der Waals surface area contributed by atoms with Crippen molar-refractivity contribution in [1.29, 1.82) is 0 Å². The van der Waals surface area contributed by atoms with E-state index in [2.05, 4.69) is 10.3 Å². The summed E-state index contributed by atoms with van der Waals surface area (Å²) in [5.41, 5.74) is 1.38. The molecule has 0 aliphatic carbocycles. The van der Waals surface area contributed by atoms with Crippen LogP contribution in [0.5, 0.6) is 0 Å². The van der Waals surface area contributed by atoms with Crippen LogP contribution >= 0.6 is 11.6 Å². The van der Waals surface area contributed by atoms with Gasteiger partial charge in [0.25, 0.3) is 5.91 Å². The smallest absolute Gasteiger partial charge is 0.322 e. The molecule has 0 bridgehead atoms. The third-order valence-corrected chi connectivity index (χ3v) is 2.60. The first-order valence-electron chi connectivity index (χ1n) is 5.13. The molecule has 0 radical (unpaired) electrons. The number of aromatic nitrogens is 2. The van der Waals surface area contributed by atoms with Crippen LogP contribution in [-0.2, 0) is 4.79 Å². The molecule has 0 aromatic carbocycles. The molecule has 6 nitrogen and oxygen atoms in total. The number of nitrogens with zero attached hydrogens (tertiary/aromatic N) is 2. The number of carboxylic acids is 1. The fraction of sp³-hybridized carbons (Fsp3) is 0.182. The van der Waals surface area contributed by atoms with Crippen molar-refractivity contribution in [2.75, 3.05) is 6.54 Å². The topological polar surface area (TPSA) is 83.7 Å². The van der Waals surface area contributed by atoms with Gasteiger partial charge in [0, 0.05) is 6.20 Å². The van der Waals surface area contributed by atoms with Crippen LogP contribution in [0.15, 0.2) is 18.3 Å². The van der Waals surface area contributed by atoms with E-state index in [0.29, 0.717) is 16.4 Å². The van der Waals surface area contributed by atoms with Crippen LogP contribution < -0.4 is 5.32 Å². The van der Waals surface area contributed by atoms with Crippen LogP contribution in [-0.4, -0.2) is 32.9 Å². The third-order valence-electron chi connectivity index (χ3n) is 2.37. The average molecular weight is 268 g/mol. The Morgan fingerprint density at radius 2 is 2.22 bits per heavy atom. The second kappa shape index (κ2) is 4.66. The third kappa shape index (κ3) is 2.28. The molecule has 0 atom stereocenters. The van der Waals surface area contributed by atoms with E-state index in [4.69, 9.17) is 16.7 Å². The lowest BCUT2D eigenvalue weighted by Gasteiger charge is -2.03. The lowest BCUT2D eigenvalue weighted by molar-refractivity contribution is -0.135. The number of carboxylic acid groups (broad SMARTS) is 1. The number of nitrogens with one attached hydrogen (secondary N) is 1. The zero-order valence-corrected chi connectivity index (χ0v) is 10.2. The highest BCUT2D eigenvalue weighted by Gasteiger charge is 2.17. The van der Waals surface area contributed by atoms with E-state index in [9.17, 15) is 9.59 Å². The number of aryl methyl sites for hydroxylation is 1. The van der Waals surface area contributed by atoms with E-state index in [1.54, 1.807) is 25.3 Å². The molecule has 0 saturated heterocycles. The second-order valence-electron chi connectivity index (χ2n) is 3.70. The number of rotatable bonds is 3. The van der Waals surface area contributed by atoms with E-state index in [-0.39, 0.29) is 5.69 Å². The molecule has 0 fully saturated rings. The van der Waals surface area contributed by atoms with Crippen molar-refractivity contribution >= 4 is 29.1 Å². The minimum absolute atomic E-state index is 0.286. The SMILES string of the molecule is Cc1nc2ccc(Cl)cn2c1C(=O)NCC(=O)O. The Morgan fingerprint density at radius 3 is 2.89 bits per heavy atom. The largest absolute Gasteiger partial charge is 0.480 e. The number of aliphatic carboxylic acids is 1. The van der Waals surface area contributed by atoms with Crippen LogP contribution in [0, 0.1) is 6.92 Å². The van der Waals surface area contributed by atoms with Gasteiger partial charge in [0.2, 0.25) is 0 Å². The molecule has 0 saturated carbocycles. The van der Waals surface area contributed by atoms with E-state index < -0.39 is 18.4 Å². The van der Waals surface area contributed by atoms with Crippen LogP contribution in [0.2, 0.25) is 5.02 Å².